The van der Waals surface area contributed by atoms with E-state index in [4.69, 9.17) is 9.47 Å². The lowest BCUT2D eigenvalue weighted by Gasteiger charge is -2.26. The predicted octanol–water partition coefficient (Wildman–Crippen LogP) is 0.418. The van der Waals surface area contributed by atoms with Gasteiger partial charge in [0, 0.05) is 48.9 Å². The molecule has 21 heavy (non-hydrogen) atoms. The molecule has 0 aliphatic carbocycles. The van der Waals surface area contributed by atoms with Gasteiger partial charge in [-0.25, -0.2) is 0 Å². The number of amides is 1. The summed E-state index contributed by atoms with van der Waals surface area (Å²) in [6.07, 6.45) is 0. The van der Waals surface area contributed by atoms with Crippen molar-refractivity contribution < 1.29 is 14.3 Å². The van der Waals surface area contributed by atoms with Crippen LogP contribution in [0.2, 0.25) is 0 Å². The maximum absolute atomic E-state index is 12.6. The van der Waals surface area contributed by atoms with Gasteiger partial charge in [-0.1, -0.05) is 0 Å². The highest BCUT2D eigenvalue weighted by Gasteiger charge is 2.51. The fourth-order valence-electron chi connectivity index (χ4n) is 3.47. The molecule has 2 atom stereocenters. The number of pyridine rings is 1. The summed E-state index contributed by atoms with van der Waals surface area (Å²) in [5.41, 5.74) is 0.804. The maximum Gasteiger partial charge on any atom is 0.254 e. The van der Waals surface area contributed by atoms with Crippen molar-refractivity contribution in [3.05, 3.63) is 33.7 Å². The first-order chi connectivity index (χ1) is 10.0. The van der Waals surface area contributed by atoms with E-state index < -0.39 is 0 Å². The van der Waals surface area contributed by atoms with Crippen molar-refractivity contribution in [1.29, 1.82) is 0 Å². The van der Waals surface area contributed by atoms with Gasteiger partial charge in [0.1, 0.15) is 0 Å². The summed E-state index contributed by atoms with van der Waals surface area (Å²) < 4.78 is 10.9. The lowest BCUT2D eigenvalue weighted by atomic mass is 9.82. The minimum absolute atomic E-state index is 0.0888. The predicted molar refractivity (Wildman–Crippen MR) is 76.3 cm³/mol. The molecule has 0 bridgehead atoms. The molecule has 1 amide bonds. The Morgan fingerprint density at radius 1 is 1.57 bits per heavy atom. The van der Waals surface area contributed by atoms with E-state index in [1.165, 1.54) is 6.07 Å². The normalized spacial score (nSPS) is 27.9. The van der Waals surface area contributed by atoms with Crippen LogP contribution in [0.4, 0.5) is 0 Å². The number of aromatic amines is 1. The van der Waals surface area contributed by atoms with Gasteiger partial charge in [-0.3, -0.25) is 9.59 Å². The summed E-state index contributed by atoms with van der Waals surface area (Å²) >= 11 is 0. The van der Waals surface area contributed by atoms with Gasteiger partial charge in [-0.05, 0) is 13.0 Å². The van der Waals surface area contributed by atoms with Crippen molar-refractivity contribution in [2.75, 3.05) is 40.0 Å². The van der Waals surface area contributed by atoms with Crippen molar-refractivity contribution in [1.82, 2.24) is 9.88 Å². The highest BCUT2D eigenvalue weighted by atomic mass is 16.5. The monoisotopic (exact) mass is 292 g/mol. The van der Waals surface area contributed by atoms with Crippen molar-refractivity contribution in [3.63, 3.8) is 0 Å². The van der Waals surface area contributed by atoms with E-state index in [0.29, 0.717) is 50.1 Å². The number of aromatic nitrogens is 1. The number of likely N-dealkylation sites (tertiary alicyclic amines) is 1. The summed E-state index contributed by atoms with van der Waals surface area (Å²) in [5, 5.41) is 0. The van der Waals surface area contributed by atoms with Gasteiger partial charge in [0.05, 0.1) is 19.8 Å². The van der Waals surface area contributed by atoms with Crippen LogP contribution >= 0.6 is 0 Å². The number of carbonyl (C=O) groups excluding carboxylic acids is 1. The maximum atomic E-state index is 12.6. The third kappa shape index (κ3) is 2.49. The first-order valence-corrected chi connectivity index (χ1v) is 7.11. The van der Waals surface area contributed by atoms with Crippen LogP contribution in [0, 0.1) is 18.3 Å². The number of carbonyl (C=O) groups is 1. The van der Waals surface area contributed by atoms with E-state index >= 15 is 0 Å². The molecule has 1 aromatic rings. The molecule has 0 spiro atoms. The molecule has 6 nitrogen and oxygen atoms in total. The van der Waals surface area contributed by atoms with Crippen LogP contribution in [-0.2, 0) is 9.47 Å². The van der Waals surface area contributed by atoms with Gasteiger partial charge in [-0.2, -0.15) is 0 Å². The molecule has 0 saturated carbocycles. The zero-order chi connectivity index (χ0) is 15.0. The van der Waals surface area contributed by atoms with Crippen LogP contribution in [0.1, 0.15) is 16.1 Å². The molecule has 3 rings (SSSR count). The molecule has 0 aromatic carbocycles. The van der Waals surface area contributed by atoms with Gasteiger partial charge >= 0.3 is 0 Å². The topological polar surface area (TPSA) is 71.6 Å². The van der Waals surface area contributed by atoms with Crippen LogP contribution in [0.5, 0.6) is 0 Å². The third-order valence-corrected chi connectivity index (χ3v) is 4.47. The fraction of sp³-hybridized carbons (Fsp3) is 0.600. The number of aryl methyl sites for hydroxylation is 1. The van der Waals surface area contributed by atoms with Crippen LogP contribution in [0.15, 0.2) is 16.9 Å². The second kappa shape index (κ2) is 5.27. The number of nitrogens with zero attached hydrogens (tertiary/aromatic N) is 1. The molecule has 6 heteroatoms. The second-order valence-electron chi connectivity index (χ2n) is 6.11. The van der Waals surface area contributed by atoms with Crippen molar-refractivity contribution in [3.8, 4) is 0 Å². The highest BCUT2D eigenvalue weighted by Crippen LogP contribution is 2.41. The zero-order valence-corrected chi connectivity index (χ0v) is 12.3. The van der Waals surface area contributed by atoms with Crippen molar-refractivity contribution in [2.45, 2.75) is 6.92 Å². The Kier molecular flexibility index (Phi) is 3.59. The Hall–Kier alpha value is -1.66. The second-order valence-corrected chi connectivity index (χ2v) is 6.11. The van der Waals surface area contributed by atoms with Crippen LogP contribution in [-0.4, -0.2) is 55.8 Å². The van der Waals surface area contributed by atoms with Gasteiger partial charge in [0.25, 0.3) is 5.91 Å². The van der Waals surface area contributed by atoms with E-state index in [-0.39, 0.29) is 16.9 Å². The number of hydrogen-bond donors (Lipinski definition) is 1. The molecule has 0 radical (unpaired) electrons. The molecule has 1 aromatic heterocycles. The Bertz CT molecular complexity index is 612. The fourth-order valence-corrected chi connectivity index (χ4v) is 3.47. The Morgan fingerprint density at radius 2 is 2.38 bits per heavy atom. The lowest BCUT2D eigenvalue weighted by Crippen LogP contribution is -2.37. The number of ether oxygens (including phenoxy) is 2. The molecule has 2 fully saturated rings. The molecule has 2 aliphatic rings. The van der Waals surface area contributed by atoms with E-state index in [0.717, 1.165) is 0 Å². The number of nitrogens with one attached hydrogen (secondary N) is 1. The Morgan fingerprint density at radius 3 is 3.10 bits per heavy atom. The summed E-state index contributed by atoms with van der Waals surface area (Å²) in [5.74, 6) is 0.221. The zero-order valence-electron chi connectivity index (χ0n) is 12.3. The SMILES string of the molecule is COC[C@@]12COC[C@@H]1CN(C(=O)c1cc(C)[nH]c(=O)c1)C2. The number of H-pyrrole nitrogens is 1. The molecule has 2 saturated heterocycles. The van der Waals surface area contributed by atoms with Crippen molar-refractivity contribution in [2.24, 2.45) is 11.3 Å². The van der Waals surface area contributed by atoms with Gasteiger partial charge in [0.2, 0.25) is 5.56 Å². The number of methoxy groups -OCH3 is 1. The van der Waals surface area contributed by atoms with Gasteiger partial charge in [0.15, 0.2) is 0 Å². The average molecular weight is 292 g/mol. The quantitative estimate of drug-likeness (QED) is 0.876. The highest BCUT2D eigenvalue weighted by molar-refractivity contribution is 5.94. The number of fused-ring (bicyclic) bond motifs is 1. The average Bonchev–Trinajstić information content (AvgIpc) is 2.93. The molecular weight excluding hydrogens is 272 g/mol. The number of hydrogen-bond acceptors (Lipinski definition) is 4. The lowest BCUT2D eigenvalue weighted by molar-refractivity contribution is 0.0489. The van der Waals surface area contributed by atoms with Crippen molar-refractivity contribution >= 4 is 5.91 Å². The Balaban J connectivity index is 1.82. The first-order valence-electron chi connectivity index (χ1n) is 7.11. The molecule has 2 aliphatic heterocycles. The van der Waals surface area contributed by atoms with Crippen LogP contribution in [0.25, 0.3) is 0 Å². The molecule has 1 N–H and O–H groups in total. The Labute approximate surface area is 123 Å². The summed E-state index contributed by atoms with van der Waals surface area (Å²) in [6, 6.07) is 3.08. The largest absolute Gasteiger partial charge is 0.384 e. The molecule has 3 heterocycles. The summed E-state index contributed by atoms with van der Waals surface area (Å²) in [4.78, 5) is 28.6. The number of rotatable bonds is 3. The van der Waals surface area contributed by atoms with E-state index in [1.807, 2.05) is 4.90 Å². The smallest absolute Gasteiger partial charge is 0.254 e. The third-order valence-electron chi connectivity index (χ3n) is 4.47. The van der Waals surface area contributed by atoms with Crippen LogP contribution < -0.4 is 5.56 Å². The van der Waals surface area contributed by atoms with Crippen LogP contribution in [0.3, 0.4) is 0 Å². The van der Waals surface area contributed by atoms with E-state index in [1.54, 1.807) is 20.1 Å². The minimum atomic E-state index is -0.243. The van der Waals surface area contributed by atoms with E-state index in [2.05, 4.69) is 4.98 Å². The minimum Gasteiger partial charge on any atom is -0.384 e. The van der Waals surface area contributed by atoms with E-state index in [9.17, 15) is 9.59 Å². The first kappa shape index (κ1) is 14.3. The summed E-state index contributed by atoms with van der Waals surface area (Å²) in [7, 11) is 1.68. The standard InChI is InChI=1S/C15H20N2O4/c1-10-3-11(4-13(18)16-10)14(19)17-5-12-6-21-9-15(12,7-17)8-20-2/h3-4,12H,5-9H2,1-2H3,(H,16,18)/t12-,15-/m0/s1. The summed E-state index contributed by atoms with van der Waals surface area (Å²) in [6.45, 7) is 4.95. The molecular formula is C15H20N2O4. The molecule has 114 valence electrons. The van der Waals surface area contributed by atoms with Gasteiger partial charge in [-0.15, -0.1) is 0 Å². The molecule has 0 unspecified atom stereocenters. The van der Waals surface area contributed by atoms with Gasteiger partial charge < -0.3 is 19.4 Å².